The highest BCUT2D eigenvalue weighted by Crippen LogP contribution is 2.28. The Morgan fingerprint density at radius 1 is 1.16 bits per heavy atom. The molecular formula is C23H25ClN2O5S. The van der Waals surface area contributed by atoms with E-state index >= 15 is 0 Å². The number of hydrogen-bond acceptors (Lipinski definition) is 6. The zero-order valence-electron chi connectivity index (χ0n) is 18.1. The molecule has 1 atom stereocenters. The van der Waals surface area contributed by atoms with E-state index in [1.54, 1.807) is 39.2 Å². The van der Waals surface area contributed by atoms with E-state index in [2.05, 4.69) is 21.5 Å². The Bertz CT molecular complexity index is 1110. The fourth-order valence-electron chi connectivity index (χ4n) is 2.77. The molecule has 0 aromatic heterocycles. The predicted molar refractivity (Wildman–Crippen MR) is 124 cm³/mol. The lowest BCUT2D eigenvalue weighted by Gasteiger charge is -2.14. The highest BCUT2D eigenvalue weighted by atomic mass is 35.5. The van der Waals surface area contributed by atoms with E-state index in [-0.39, 0.29) is 12.5 Å². The van der Waals surface area contributed by atoms with Crippen LogP contribution in [0.15, 0.2) is 46.8 Å². The van der Waals surface area contributed by atoms with Gasteiger partial charge in [-0.2, -0.15) is 12.8 Å². The molecule has 32 heavy (non-hydrogen) atoms. The van der Waals surface area contributed by atoms with E-state index < -0.39 is 22.4 Å². The number of hydrogen-bond donors (Lipinski definition) is 1. The number of ether oxygens (including phenoxy) is 2. The minimum Gasteiger partial charge on any atom is -0.493 e. The molecule has 0 aliphatic rings. The number of amides is 1. The first-order chi connectivity index (χ1) is 15.3. The van der Waals surface area contributed by atoms with Crippen LogP contribution in [0.3, 0.4) is 0 Å². The molecule has 1 amide bonds. The topological polar surface area (TPSA) is 94.1 Å². The molecule has 0 saturated carbocycles. The summed E-state index contributed by atoms with van der Waals surface area (Å²) in [6.45, 7) is 4.00. The molecular weight excluding hydrogens is 452 g/mol. The van der Waals surface area contributed by atoms with E-state index in [9.17, 15) is 13.2 Å². The van der Waals surface area contributed by atoms with Crippen molar-refractivity contribution >= 4 is 28.0 Å². The molecule has 0 unspecified atom stereocenters. The molecule has 170 valence electrons. The maximum absolute atomic E-state index is 12.2. The van der Waals surface area contributed by atoms with Crippen LogP contribution in [0.4, 0.5) is 0 Å². The van der Waals surface area contributed by atoms with Crippen molar-refractivity contribution in [2.24, 2.45) is 10.3 Å². The van der Waals surface area contributed by atoms with Crippen LogP contribution in [0.25, 0.3) is 0 Å². The quantitative estimate of drug-likeness (QED) is 0.559. The summed E-state index contributed by atoms with van der Waals surface area (Å²) < 4.78 is 36.2. The zero-order chi connectivity index (χ0) is 23.5. The smallest absolute Gasteiger partial charge is 0.311 e. The lowest BCUT2D eigenvalue weighted by molar-refractivity contribution is -0.123. The van der Waals surface area contributed by atoms with Gasteiger partial charge in [0.1, 0.15) is 12.6 Å². The summed E-state index contributed by atoms with van der Waals surface area (Å²) in [5.74, 6) is 6.40. The van der Waals surface area contributed by atoms with Gasteiger partial charge in [0.2, 0.25) is 5.91 Å². The monoisotopic (exact) mass is 476 g/mol. The third-order valence-electron chi connectivity index (χ3n) is 4.42. The van der Waals surface area contributed by atoms with Gasteiger partial charge < -0.3 is 14.8 Å². The Morgan fingerprint density at radius 2 is 1.88 bits per heavy atom. The number of nitrogens with zero attached hydrogens (tertiary/aromatic N) is 1. The molecule has 9 heteroatoms. The van der Waals surface area contributed by atoms with Crippen molar-refractivity contribution in [3.05, 3.63) is 58.6 Å². The Kier molecular flexibility index (Phi) is 10.1. The van der Waals surface area contributed by atoms with Crippen LogP contribution in [-0.4, -0.2) is 40.6 Å². The van der Waals surface area contributed by atoms with Gasteiger partial charge in [-0.15, -0.1) is 0 Å². The van der Waals surface area contributed by atoms with Crippen molar-refractivity contribution in [3.8, 4) is 23.3 Å². The normalized spacial score (nSPS) is 11.2. The average Bonchev–Trinajstić information content (AvgIpc) is 2.76. The SMILES string of the molecule is COc1cc(CCNC(=O)[C@@H](N=S(=O)=O)C(C)C)ccc1OCC#Cc1ccc(Cl)cc1. The first-order valence-corrected chi connectivity index (χ1v) is 11.3. The number of rotatable bonds is 9. The molecule has 0 aliphatic carbocycles. The Balaban J connectivity index is 1.92. The van der Waals surface area contributed by atoms with Crippen LogP contribution in [0, 0.1) is 17.8 Å². The summed E-state index contributed by atoms with van der Waals surface area (Å²) in [6, 6.07) is 11.8. The van der Waals surface area contributed by atoms with Crippen molar-refractivity contribution in [2.45, 2.75) is 26.3 Å². The lowest BCUT2D eigenvalue weighted by atomic mass is 10.0. The van der Waals surface area contributed by atoms with E-state index in [1.165, 1.54) is 0 Å². The first-order valence-electron chi connectivity index (χ1n) is 9.92. The van der Waals surface area contributed by atoms with Crippen LogP contribution < -0.4 is 14.8 Å². The minimum absolute atomic E-state index is 0.190. The first kappa shape index (κ1) is 25.2. The third-order valence-corrected chi connectivity index (χ3v) is 5.07. The molecule has 0 heterocycles. The number of carbonyl (C=O) groups is 1. The van der Waals surface area contributed by atoms with Crippen LogP contribution >= 0.6 is 11.6 Å². The average molecular weight is 477 g/mol. The minimum atomic E-state index is -2.63. The highest BCUT2D eigenvalue weighted by Gasteiger charge is 2.21. The molecule has 2 aromatic rings. The van der Waals surface area contributed by atoms with Crippen molar-refractivity contribution < 1.29 is 22.7 Å². The van der Waals surface area contributed by atoms with Crippen LogP contribution in [0.1, 0.15) is 25.0 Å². The third kappa shape index (κ3) is 8.25. The molecule has 0 fully saturated rings. The van der Waals surface area contributed by atoms with E-state index in [0.717, 1.165) is 11.1 Å². The van der Waals surface area contributed by atoms with E-state index in [1.807, 2.05) is 24.3 Å². The van der Waals surface area contributed by atoms with Gasteiger partial charge in [-0.25, -0.2) is 0 Å². The van der Waals surface area contributed by atoms with Gasteiger partial charge >= 0.3 is 10.5 Å². The standard InChI is InChI=1S/C23H25ClN2O5S/c1-16(2)22(26-32(28)29)23(27)25-13-12-18-8-11-20(21(15-18)30-3)31-14-4-5-17-6-9-19(24)10-7-17/h6-11,15-16,22H,12-14H2,1-3H3,(H,25,27)/t22-/m0/s1. The Hall–Kier alpha value is -3.02. The fourth-order valence-corrected chi connectivity index (χ4v) is 3.42. The molecule has 7 nitrogen and oxygen atoms in total. The summed E-state index contributed by atoms with van der Waals surface area (Å²) in [4.78, 5) is 12.2. The van der Waals surface area contributed by atoms with Gasteiger partial charge in [-0.3, -0.25) is 4.79 Å². The number of carbonyl (C=O) groups excluding carboxylic acids is 1. The largest absolute Gasteiger partial charge is 0.493 e. The second-order valence-electron chi connectivity index (χ2n) is 7.13. The Morgan fingerprint density at radius 3 is 2.50 bits per heavy atom. The second-order valence-corrected chi connectivity index (χ2v) is 8.22. The molecule has 0 spiro atoms. The number of nitrogens with one attached hydrogen (secondary N) is 1. The van der Waals surface area contributed by atoms with Gasteiger partial charge in [0.15, 0.2) is 11.5 Å². The predicted octanol–water partition coefficient (Wildman–Crippen LogP) is 3.53. The summed E-state index contributed by atoms with van der Waals surface area (Å²) in [7, 11) is -1.09. The summed E-state index contributed by atoms with van der Waals surface area (Å²) in [5, 5.41) is 3.38. The molecule has 0 saturated heterocycles. The number of halogens is 1. The summed E-state index contributed by atoms with van der Waals surface area (Å²) in [6.07, 6.45) is 0.532. The van der Waals surface area contributed by atoms with Gasteiger partial charge in [0.05, 0.1) is 7.11 Å². The highest BCUT2D eigenvalue weighted by molar-refractivity contribution is 7.61. The van der Waals surface area contributed by atoms with Gasteiger partial charge in [-0.05, 0) is 54.3 Å². The molecule has 0 bridgehead atoms. The van der Waals surface area contributed by atoms with Crippen LogP contribution in [-0.2, 0) is 21.7 Å². The number of benzene rings is 2. The van der Waals surface area contributed by atoms with Gasteiger partial charge in [-0.1, -0.05) is 43.4 Å². The van der Waals surface area contributed by atoms with E-state index in [0.29, 0.717) is 29.5 Å². The lowest BCUT2D eigenvalue weighted by Crippen LogP contribution is -2.37. The van der Waals surface area contributed by atoms with Crippen LogP contribution in [0.5, 0.6) is 11.5 Å². The van der Waals surface area contributed by atoms with E-state index in [4.69, 9.17) is 21.1 Å². The van der Waals surface area contributed by atoms with Crippen molar-refractivity contribution in [3.63, 3.8) is 0 Å². The molecule has 2 rings (SSSR count). The zero-order valence-corrected chi connectivity index (χ0v) is 19.7. The summed E-state index contributed by atoms with van der Waals surface area (Å²) in [5.41, 5.74) is 1.77. The molecule has 0 aliphatic heterocycles. The van der Waals surface area contributed by atoms with Crippen LogP contribution in [0.2, 0.25) is 5.02 Å². The molecule has 0 radical (unpaired) electrons. The Labute approximate surface area is 194 Å². The molecule has 2 aromatic carbocycles. The number of methoxy groups -OCH3 is 1. The van der Waals surface area contributed by atoms with Gasteiger partial charge in [0.25, 0.3) is 0 Å². The van der Waals surface area contributed by atoms with Crippen molar-refractivity contribution in [1.29, 1.82) is 0 Å². The molecule has 1 N–H and O–H groups in total. The van der Waals surface area contributed by atoms with Crippen molar-refractivity contribution in [2.75, 3.05) is 20.3 Å². The van der Waals surface area contributed by atoms with Gasteiger partial charge in [0, 0.05) is 17.1 Å². The van der Waals surface area contributed by atoms with Crippen molar-refractivity contribution in [1.82, 2.24) is 5.32 Å². The summed E-state index contributed by atoms with van der Waals surface area (Å²) >= 11 is 5.86. The maximum Gasteiger partial charge on any atom is 0.311 e. The maximum atomic E-state index is 12.2. The second kappa shape index (κ2) is 12.7. The fraction of sp³-hybridized carbons (Fsp3) is 0.348.